The molecule has 1 aromatic carbocycles. The van der Waals surface area contributed by atoms with Crippen LogP contribution in [-0.2, 0) is 0 Å². The minimum atomic E-state index is 0.587. The van der Waals surface area contributed by atoms with Gasteiger partial charge in [0.1, 0.15) is 0 Å². The van der Waals surface area contributed by atoms with Gasteiger partial charge in [0, 0.05) is 21.5 Å². The van der Waals surface area contributed by atoms with Gasteiger partial charge in [-0.3, -0.25) is 4.99 Å². The van der Waals surface area contributed by atoms with Crippen LogP contribution < -0.4 is 4.80 Å². The lowest BCUT2D eigenvalue weighted by Gasteiger charge is -2.04. The molecule has 0 atom stereocenters. The maximum atomic E-state index is 6.14. The number of rotatable bonds is 5. The molecule has 0 aliphatic heterocycles. The van der Waals surface area contributed by atoms with E-state index in [4.69, 9.17) is 11.6 Å². The Morgan fingerprint density at radius 2 is 2.21 bits per heavy atom. The van der Waals surface area contributed by atoms with Gasteiger partial charge < -0.3 is 0 Å². The predicted octanol–water partition coefficient (Wildman–Crippen LogP) is 5.29. The molecule has 6 heteroatoms. The summed E-state index contributed by atoms with van der Waals surface area (Å²) in [6.45, 7) is 6.46. The molecule has 3 aromatic rings. The van der Waals surface area contributed by atoms with Crippen LogP contribution in [0.2, 0.25) is 5.02 Å². The Kier molecular flexibility index (Phi) is 5.45. The van der Waals surface area contributed by atoms with Gasteiger partial charge in [-0.25, -0.2) is 4.68 Å². The van der Waals surface area contributed by atoms with E-state index in [9.17, 15) is 0 Å². The summed E-state index contributed by atoms with van der Waals surface area (Å²) < 4.78 is 1.86. The lowest BCUT2D eigenvalue weighted by molar-refractivity contribution is 0.836. The Morgan fingerprint density at radius 3 is 2.92 bits per heavy atom. The lowest BCUT2D eigenvalue weighted by atomic mass is 10.2. The van der Waals surface area contributed by atoms with Gasteiger partial charge in [-0.1, -0.05) is 35.9 Å². The number of thiazole rings is 1. The molecule has 3 nitrogen and oxygen atoms in total. The minimum Gasteiger partial charge on any atom is -0.253 e. The monoisotopic (exact) mass is 373 g/mol. The summed E-state index contributed by atoms with van der Waals surface area (Å²) in [5, 5.41) is 11.5. The number of hydrogen-bond acceptors (Lipinski definition) is 4. The molecule has 0 aliphatic carbocycles. The van der Waals surface area contributed by atoms with Gasteiger partial charge in [-0.05, 0) is 35.9 Å². The van der Waals surface area contributed by atoms with Crippen molar-refractivity contribution in [2.75, 3.05) is 6.54 Å². The Bertz CT molecular complexity index is 933. The molecule has 0 aliphatic rings. The second kappa shape index (κ2) is 7.75. The van der Waals surface area contributed by atoms with Gasteiger partial charge in [0.2, 0.25) is 4.80 Å². The fraction of sp³-hybridized carbons (Fsp3) is 0.111. The molecule has 3 rings (SSSR count). The third kappa shape index (κ3) is 4.12. The van der Waals surface area contributed by atoms with Crippen LogP contribution in [-0.4, -0.2) is 17.4 Å². The van der Waals surface area contributed by atoms with Crippen molar-refractivity contribution in [1.29, 1.82) is 0 Å². The van der Waals surface area contributed by atoms with Crippen LogP contribution in [0.3, 0.4) is 0 Å². The van der Waals surface area contributed by atoms with E-state index in [0.29, 0.717) is 11.6 Å². The first-order valence-electron chi connectivity index (χ1n) is 7.31. The Hall–Kier alpha value is -1.95. The normalized spacial score (nSPS) is 12.2. The summed E-state index contributed by atoms with van der Waals surface area (Å²) in [6.07, 6.45) is 1.84. The maximum Gasteiger partial charge on any atom is 0.206 e. The van der Waals surface area contributed by atoms with Crippen molar-refractivity contribution < 1.29 is 0 Å². The summed E-state index contributed by atoms with van der Waals surface area (Å²) in [7, 11) is 0. The highest BCUT2D eigenvalue weighted by Crippen LogP contribution is 2.23. The Morgan fingerprint density at radius 1 is 1.33 bits per heavy atom. The maximum absolute atomic E-state index is 6.14. The highest BCUT2D eigenvalue weighted by Gasteiger charge is 2.08. The van der Waals surface area contributed by atoms with E-state index in [1.165, 1.54) is 0 Å². The summed E-state index contributed by atoms with van der Waals surface area (Å²) in [4.78, 5) is 5.44. The van der Waals surface area contributed by atoms with E-state index in [1.54, 1.807) is 22.7 Å². The first-order chi connectivity index (χ1) is 11.6. The molecule has 0 fully saturated rings. The zero-order valence-electron chi connectivity index (χ0n) is 13.1. The van der Waals surface area contributed by atoms with Crippen molar-refractivity contribution in [3.8, 4) is 11.3 Å². The van der Waals surface area contributed by atoms with Gasteiger partial charge in [0.25, 0.3) is 0 Å². The lowest BCUT2D eigenvalue weighted by Crippen LogP contribution is -2.12. The number of nitrogens with zero attached hydrogens (tertiary/aromatic N) is 3. The van der Waals surface area contributed by atoms with Gasteiger partial charge >= 0.3 is 0 Å². The number of aromatic nitrogens is 1. The highest BCUT2D eigenvalue weighted by molar-refractivity contribution is 7.08. The van der Waals surface area contributed by atoms with E-state index >= 15 is 0 Å². The van der Waals surface area contributed by atoms with Crippen LogP contribution in [0.4, 0.5) is 0 Å². The SMILES string of the molecule is C=C(C)CN=c1scc(-c2cccc(Cl)c2)n1N=Cc1ccsc1. The number of hydrogen-bond donors (Lipinski definition) is 0. The van der Waals surface area contributed by atoms with Gasteiger partial charge in [-0.15, -0.1) is 11.3 Å². The van der Waals surface area contributed by atoms with Crippen molar-refractivity contribution >= 4 is 40.5 Å². The van der Waals surface area contributed by atoms with Gasteiger partial charge in [-0.2, -0.15) is 16.4 Å². The number of halogens is 1. The highest BCUT2D eigenvalue weighted by atomic mass is 35.5. The van der Waals surface area contributed by atoms with Crippen LogP contribution >= 0.6 is 34.3 Å². The molecule has 0 radical (unpaired) electrons. The van der Waals surface area contributed by atoms with E-state index in [-0.39, 0.29) is 0 Å². The zero-order chi connectivity index (χ0) is 16.9. The molecule has 0 bridgehead atoms. The Balaban J connectivity index is 2.08. The van der Waals surface area contributed by atoms with Crippen LogP contribution in [0.1, 0.15) is 12.5 Å². The second-order valence-electron chi connectivity index (χ2n) is 5.30. The fourth-order valence-corrected chi connectivity index (χ4v) is 3.68. The van der Waals surface area contributed by atoms with Crippen LogP contribution in [0.15, 0.2) is 68.7 Å². The third-order valence-corrected chi connectivity index (χ3v) is 4.95. The topological polar surface area (TPSA) is 29.6 Å². The van der Waals surface area contributed by atoms with E-state index in [2.05, 4.69) is 22.1 Å². The molecule has 0 unspecified atom stereocenters. The molecule has 2 aromatic heterocycles. The first-order valence-corrected chi connectivity index (χ1v) is 9.51. The molecular formula is C18H16ClN3S2. The standard InChI is InChI=1S/C18H16ClN3S2/c1-13(2)9-20-18-22(21-10-14-6-7-23-11-14)17(12-24-18)15-4-3-5-16(19)8-15/h3-8,10-12H,1,9H2,2H3. The van der Waals surface area contributed by atoms with E-state index in [0.717, 1.165) is 27.2 Å². The van der Waals surface area contributed by atoms with Crippen LogP contribution in [0, 0.1) is 0 Å². The second-order valence-corrected chi connectivity index (χ2v) is 7.35. The first kappa shape index (κ1) is 16.9. The van der Waals surface area contributed by atoms with Crippen molar-refractivity contribution in [2.24, 2.45) is 10.1 Å². The molecule has 0 N–H and O–H groups in total. The molecule has 122 valence electrons. The van der Waals surface area contributed by atoms with Gasteiger partial charge in [0.05, 0.1) is 18.5 Å². The van der Waals surface area contributed by atoms with Gasteiger partial charge in [0.15, 0.2) is 0 Å². The fourth-order valence-electron chi connectivity index (χ4n) is 2.04. The molecule has 0 saturated heterocycles. The summed E-state index contributed by atoms with van der Waals surface area (Å²) in [5.74, 6) is 0. The molecule has 0 spiro atoms. The third-order valence-electron chi connectivity index (χ3n) is 3.16. The van der Waals surface area contributed by atoms with Crippen molar-refractivity contribution in [3.63, 3.8) is 0 Å². The van der Waals surface area contributed by atoms with Crippen LogP contribution in [0.25, 0.3) is 11.3 Å². The van der Waals surface area contributed by atoms with Crippen LogP contribution in [0.5, 0.6) is 0 Å². The van der Waals surface area contributed by atoms with Crippen molar-refractivity contribution in [2.45, 2.75) is 6.92 Å². The van der Waals surface area contributed by atoms with Crippen molar-refractivity contribution in [1.82, 2.24) is 4.68 Å². The quantitative estimate of drug-likeness (QED) is 0.429. The summed E-state index contributed by atoms with van der Waals surface area (Å²) >= 11 is 9.34. The largest absolute Gasteiger partial charge is 0.253 e. The Labute approximate surface area is 153 Å². The van der Waals surface area contributed by atoms with Crippen molar-refractivity contribution in [3.05, 3.63) is 74.0 Å². The van der Waals surface area contributed by atoms with E-state index in [1.807, 2.05) is 58.9 Å². The average molecular weight is 374 g/mol. The molecular weight excluding hydrogens is 358 g/mol. The zero-order valence-corrected chi connectivity index (χ0v) is 15.5. The smallest absolute Gasteiger partial charge is 0.206 e. The molecule has 2 heterocycles. The molecule has 0 amide bonds. The molecule has 24 heavy (non-hydrogen) atoms. The minimum absolute atomic E-state index is 0.587. The summed E-state index contributed by atoms with van der Waals surface area (Å²) in [6, 6.07) is 9.79. The van der Waals surface area contributed by atoms with E-state index < -0.39 is 0 Å². The number of benzene rings is 1. The number of thiophene rings is 1. The average Bonchev–Trinajstić information content (AvgIpc) is 3.20. The molecule has 0 saturated carbocycles. The predicted molar refractivity (Wildman–Crippen MR) is 105 cm³/mol. The summed E-state index contributed by atoms with van der Waals surface area (Å²) in [5.41, 5.74) is 4.06.